The number of fused-ring (bicyclic) bond motifs is 1. The molecular weight excluding hydrogens is 400 g/mol. The molecule has 1 unspecified atom stereocenters. The minimum atomic E-state index is -1.39. The number of piperidine rings is 1. The fraction of sp³-hybridized carbons (Fsp3) is 0.391. The maximum absolute atomic E-state index is 14.3. The van der Waals surface area contributed by atoms with E-state index in [9.17, 15) is 8.78 Å². The molecule has 31 heavy (non-hydrogen) atoms. The van der Waals surface area contributed by atoms with Crippen LogP contribution in [0.4, 0.5) is 8.78 Å². The van der Waals surface area contributed by atoms with Gasteiger partial charge in [0.05, 0.1) is 19.3 Å². The molecule has 2 aliphatic rings. The van der Waals surface area contributed by atoms with Crippen LogP contribution in [0.5, 0.6) is 0 Å². The average Bonchev–Trinajstić information content (AvgIpc) is 3.41. The number of halogens is 2. The highest BCUT2D eigenvalue weighted by atomic mass is 19.1. The van der Waals surface area contributed by atoms with Gasteiger partial charge in [-0.15, -0.1) is 0 Å². The molecule has 4 heterocycles. The van der Waals surface area contributed by atoms with Gasteiger partial charge < -0.3 is 14.6 Å². The number of aromatic nitrogens is 4. The first-order valence-electron chi connectivity index (χ1n) is 10.5. The van der Waals surface area contributed by atoms with Crippen molar-refractivity contribution in [3.8, 4) is 11.1 Å². The maximum atomic E-state index is 14.3. The number of pyridine rings is 1. The fourth-order valence-corrected chi connectivity index (χ4v) is 4.54. The molecule has 1 aliphatic heterocycles. The van der Waals surface area contributed by atoms with Crippen LogP contribution < -0.4 is 0 Å². The van der Waals surface area contributed by atoms with Crippen molar-refractivity contribution in [2.45, 2.75) is 31.5 Å². The Morgan fingerprint density at radius 2 is 2.00 bits per heavy atom. The minimum Gasteiger partial charge on any atom is -0.493 e. The summed E-state index contributed by atoms with van der Waals surface area (Å²) in [6.07, 6.45) is 9.23. The molecule has 3 aromatic heterocycles. The third-order valence-electron chi connectivity index (χ3n) is 6.27. The Kier molecular flexibility index (Phi) is 5.09. The lowest BCUT2D eigenvalue weighted by molar-refractivity contribution is 0.212. The van der Waals surface area contributed by atoms with Crippen molar-refractivity contribution in [3.05, 3.63) is 54.1 Å². The standard InChI is InChI=1S/C23H25F2N5O/c1-29-5-3-17(4-6-29)30-13-15(11-28-30)14-7-19-20(12-27-23(19)26-10-14)18-8-16(24)9-21(25)22(18)31-2/h7,9-13,16-17H,3-6,8H2,1-2H3,(H,26,27). The number of alkyl halides is 1. The molecule has 0 aromatic carbocycles. The molecule has 0 spiro atoms. The van der Waals surface area contributed by atoms with Crippen LogP contribution in [0.25, 0.3) is 27.7 Å². The summed E-state index contributed by atoms with van der Waals surface area (Å²) in [7, 11) is 3.54. The second-order valence-corrected chi connectivity index (χ2v) is 8.31. The van der Waals surface area contributed by atoms with Crippen molar-refractivity contribution >= 4 is 16.6 Å². The first-order chi connectivity index (χ1) is 15.0. The van der Waals surface area contributed by atoms with E-state index in [2.05, 4.69) is 33.2 Å². The van der Waals surface area contributed by atoms with Crippen molar-refractivity contribution in [2.24, 2.45) is 0 Å². The van der Waals surface area contributed by atoms with Crippen LogP contribution >= 0.6 is 0 Å². The van der Waals surface area contributed by atoms with Gasteiger partial charge in [0.1, 0.15) is 11.8 Å². The number of nitrogens with zero attached hydrogens (tertiary/aromatic N) is 4. The summed E-state index contributed by atoms with van der Waals surface area (Å²) in [6, 6.07) is 2.39. The molecule has 162 valence electrons. The van der Waals surface area contributed by atoms with Crippen LogP contribution in [0.3, 0.4) is 0 Å². The zero-order valence-corrected chi connectivity index (χ0v) is 17.6. The predicted octanol–water partition coefficient (Wildman–Crippen LogP) is 4.65. The van der Waals surface area contributed by atoms with E-state index in [0.717, 1.165) is 48.5 Å². The van der Waals surface area contributed by atoms with Crippen molar-refractivity contribution in [3.63, 3.8) is 0 Å². The minimum absolute atomic E-state index is 0.0574. The van der Waals surface area contributed by atoms with Gasteiger partial charge in [-0.05, 0) is 45.1 Å². The average molecular weight is 425 g/mol. The highest BCUT2D eigenvalue weighted by Crippen LogP contribution is 2.38. The zero-order chi connectivity index (χ0) is 21.5. The fourth-order valence-electron chi connectivity index (χ4n) is 4.54. The molecule has 3 aromatic rings. The Bertz CT molecular complexity index is 1170. The van der Waals surface area contributed by atoms with E-state index in [1.807, 2.05) is 16.9 Å². The van der Waals surface area contributed by atoms with E-state index < -0.39 is 12.0 Å². The second-order valence-electron chi connectivity index (χ2n) is 8.31. The van der Waals surface area contributed by atoms with Gasteiger partial charge in [0.25, 0.3) is 0 Å². The third kappa shape index (κ3) is 3.65. The van der Waals surface area contributed by atoms with E-state index in [0.29, 0.717) is 22.8 Å². The van der Waals surface area contributed by atoms with E-state index in [4.69, 9.17) is 4.74 Å². The summed E-state index contributed by atoms with van der Waals surface area (Å²) in [4.78, 5) is 9.97. The number of H-pyrrole nitrogens is 1. The molecule has 1 atom stereocenters. The van der Waals surface area contributed by atoms with E-state index >= 15 is 0 Å². The highest BCUT2D eigenvalue weighted by molar-refractivity contribution is 5.94. The summed E-state index contributed by atoms with van der Waals surface area (Å²) >= 11 is 0. The lowest BCUT2D eigenvalue weighted by atomic mass is 9.94. The molecule has 0 bridgehead atoms. The van der Waals surface area contributed by atoms with Crippen molar-refractivity contribution in [1.82, 2.24) is 24.6 Å². The number of rotatable bonds is 4. The number of methoxy groups -OCH3 is 1. The molecule has 6 nitrogen and oxygen atoms in total. The van der Waals surface area contributed by atoms with Gasteiger partial charge in [0.15, 0.2) is 11.6 Å². The lowest BCUT2D eigenvalue weighted by Crippen LogP contribution is -2.31. The van der Waals surface area contributed by atoms with E-state index in [1.165, 1.54) is 7.11 Å². The molecule has 1 N–H and O–H groups in total. The number of allylic oxidation sites excluding steroid dienone is 3. The third-order valence-corrected chi connectivity index (χ3v) is 6.27. The normalized spacial score (nSPS) is 21.0. The van der Waals surface area contributed by atoms with Gasteiger partial charge in [-0.1, -0.05) is 0 Å². The predicted molar refractivity (Wildman–Crippen MR) is 116 cm³/mol. The lowest BCUT2D eigenvalue weighted by Gasteiger charge is -2.28. The summed E-state index contributed by atoms with van der Waals surface area (Å²) in [6.45, 7) is 2.13. The van der Waals surface area contributed by atoms with Gasteiger partial charge >= 0.3 is 0 Å². The van der Waals surface area contributed by atoms with Crippen LogP contribution in [0.15, 0.2) is 48.5 Å². The Morgan fingerprint density at radius 1 is 1.19 bits per heavy atom. The first-order valence-corrected chi connectivity index (χ1v) is 10.5. The van der Waals surface area contributed by atoms with Crippen LogP contribution in [0, 0.1) is 0 Å². The van der Waals surface area contributed by atoms with Gasteiger partial charge in [-0.25, -0.2) is 13.8 Å². The molecule has 1 saturated heterocycles. The zero-order valence-electron chi connectivity index (χ0n) is 17.6. The smallest absolute Gasteiger partial charge is 0.164 e. The molecule has 1 fully saturated rings. The molecule has 0 amide bonds. The van der Waals surface area contributed by atoms with Gasteiger partial charge in [0, 0.05) is 52.7 Å². The SMILES string of the molecule is COC1=C(c2c[nH]c3ncc(-c4cnn(C5CCN(C)CC5)c4)cc23)CC(F)C=C1F. The van der Waals surface area contributed by atoms with Crippen LogP contribution in [-0.2, 0) is 4.74 Å². The largest absolute Gasteiger partial charge is 0.493 e. The number of hydrogen-bond donors (Lipinski definition) is 1. The topological polar surface area (TPSA) is 59.0 Å². The summed E-state index contributed by atoms with van der Waals surface area (Å²) in [5, 5.41) is 5.39. The van der Waals surface area contributed by atoms with E-state index in [1.54, 1.807) is 12.4 Å². The molecule has 0 saturated carbocycles. The van der Waals surface area contributed by atoms with Crippen LogP contribution in [0.1, 0.15) is 30.9 Å². The highest BCUT2D eigenvalue weighted by Gasteiger charge is 2.26. The molecule has 8 heteroatoms. The van der Waals surface area contributed by atoms with Gasteiger partial charge in [-0.2, -0.15) is 5.10 Å². The Hall–Kier alpha value is -3.00. The summed E-state index contributed by atoms with van der Waals surface area (Å²) in [5.41, 5.74) is 3.75. The van der Waals surface area contributed by atoms with Crippen molar-refractivity contribution < 1.29 is 13.5 Å². The second kappa shape index (κ2) is 7.92. The monoisotopic (exact) mass is 425 g/mol. The Morgan fingerprint density at radius 3 is 2.77 bits per heavy atom. The first kappa shape index (κ1) is 19.9. The Labute approximate surface area is 179 Å². The molecule has 0 radical (unpaired) electrons. The van der Waals surface area contributed by atoms with Gasteiger partial charge in [0.2, 0.25) is 0 Å². The maximum Gasteiger partial charge on any atom is 0.164 e. The molecule has 5 rings (SSSR count). The van der Waals surface area contributed by atoms with Crippen LogP contribution in [0.2, 0.25) is 0 Å². The number of nitrogens with one attached hydrogen (secondary N) is 1. The number of aromatic amines is 1. The number of likely N-dealkylation sites (tertiary alicyclic amines) is 1. The van der Waals surface area contributed by atoms with Gasteiger partial charge in [-0.3, -0.25) is 4.68 Å². The molecule has 1 aliphatic carbocycles. The summed E-state index contributed by atoms with van der Waals surface area (Å²) < 4.78 is 35.7. The number of hydrogen-bond acceptors (Lipinski definition) is 4. The van der Waals surface area contributed by atoms with Crippen LogP contribution in [-0.4, -0.2) is 58.1 Å². The quantitative estimate of drug-likeness (QED) is 0.661. The number of ether oxygens (including phenoxy) is 1. The molecular formula is C23H25F2N5O. The van der Waals surface area contributed by atoms with E-state index in [-0.39, 0.29) is 12.2 Å². The summed E-state index contributed by atoms with van der Waals surface area (Å²) in [5.74, 6) is -0.593. The Balaban J connectivity index is 1.51. The van der Waals surface area contributed by atoms with Crippen molar-refractivity contribution in [2.75, 3.05) is 27.2 Å². The van der Waals surface area contributed by atoms with Crippen molar-refractivity contribution in [1.29, 1.82) is 0 Å².